The topological polar surface area (TPSA) is 64.7 Å². The van der Waals surface area contributed by atoms with E-state index in [1.807, 2.05) is 19.1 Å². The number of thiazole rings is 1. The lowest BCUT2D eigenvalue weighted by atomic mass is 10.1. The first kappa shape index (κ1) is 11.0. The SMILES string of the molecule is Cc1nc2ccc(-c3nc(N)ncc3F)cc2s1. The summed E-state index contributed by atoms with van der Waals surface area (Å²) in [5.41, 5.74) is 7.29. The highest BCUT2D eigenvalue weighted by Crippen LogP contribution is 2.28. The Morgan fingerprint density at radius 2 is 2.11 bits per heavy atom. The van der Waals surface area contributed by atoms with Gasteiger partial charge in [0.05, 0.1) is 21.4 Å². The zero-order valence-corrected chi connectivity index (χ0v) is 10.3. The number of hydrogen-bond donors (Lipinski definition) is 1. The Hall–Kier alpha value is -2.08. The molecule has 90 valence electrons. The molecule has 0 saturated heterocycles. The van der Waals surface area contributed by atoms with Gasteiger partial charge in [0, 0.05) is 5.56 Å². The molecule has 2 aromatic heterocycles. The van der Waals surface area contributed by atoms with Crippen LogP contribution in [0, 0.1) is 12.7 Å². The summed E-state index contributed by atoms with van der Waals surface area (Å²) >= 11 is 1.56. The second kappa shape index (κ2) is 3.99. The Kier molecular flexibility index (Phi) is 2.45. The molecule has 3 rings (SSSR count). The fourth-order valence-electron chi connectivity index (χ4n) is 1.77. The Morgan fingerprint density at radius 3 is 2.94 bits per heavy atom. The van der Waals surface area contributed by atoms with Crippen LogP contribution in [0.5, 0.6) is 0 Å². The molecule has 0 fully saturated rings. The molecule has 0 aliphatic rings. The number of anilines is 1. The largest absolute Gasteiger partial charge is 0.368 e. The minimum Gasteiger partial charge on any atom is -0.368 e. The van der Waals surface area contributed by atoms with Crippen molar-refractivity contribution in [2.75, 3.05) is 5.73 Å². The highest BCUT2D eigenvalue weighted by atomic mass is 32.1. The number of nitrogen functional groups attached to an aromatic ring is 1. The molecule has 18 heavy (non-hydrogen) atoms. The average molecular weight is 260 g/mol. The lowest BCUT2D eigenvalue weighted by Crippen LogP contribution is -1.98. The minimum absolute atomic E-state index is 0.0620. The maximum atomic E-state index is 13.7. The number of aryl methyl sites for hydroxylation is 1. The van der Waals surface area contributed by atoms with Gasteiger partial charge in [0.25, 0.3) is 0 Å². The van der Waals surface area contributed by atoms with Crippen LogP contribution in [0.4, 0.5) is 10.3 Å². The molecule has 2 N–H and O–H groups in total. The molecule has 0 saturated carbocycles. The molecule has 1 aromatic carbocycles. The number of aromatic nitrogens is 3. The zero-order valence-electron chi connectivity index (χ0n) is 9.51. The minimum atomic E-state index is -0.482. The first-order chi connectivity index (χ1) is 8.63. The van der Waals surface area contributed by atoms with Crippen molar-refractivity contribution in [3.8, 4) is 11.3 Å². The van der Waals surface area contributed by atoms with E-state index in [2.05, 4.69) is 15.0 Å². The number of fused-ring (bicyclic) bond motifs is 1. The molecule has 0 unspecified atom stereocenters. The van der Waals surface area contributed by atoms with Crippen LogP contribution in [-0.2, 0) is 0 Å². The van der Waals surface area contributed by atoms with Crippen molar-refractivity contribution in [2.45, 2.75) is 6.92 Å². The summed E-state index contributed by atoms with van der Waals surface area (Å²) in [5.74, 6) is -0.420. The summed E-state index contributed by atoms with van der Waals surface area (Å²) in [5, 5.41) is 0.977. The summed E-state index contributed by atoms with van der Waals surface area (Å²) in [4.78, 5) is 11.9. The van der Waals surface area contributed by atoms with E-state index >= 15 is 0 Å². The summed E-state index contributed by atoms with van der Waals surface area (Å²) < 4.78 is 14.7. The molecule has 4 nitrogen and oxygen atoms in total. The number of rotatable bonds is 1. The van der Waals surface area contributed by atoms with Crippen molar-refractivity contribution in [3.05, 3.63) is 35.2 Å². The fourth-order valence-corrected chi connectivity index (χ4v) is 2.64. The third kappa shape index (κ3) is 1.80. The van der Waals surface area contributed by atoms with Gasteiger partial charge in [-0.1, -0.05) is 6.07 Å². The number of nitrogens with two attached hydrogens (primary N) is 1. The van der Waals surface area contributed by atoms with E-state index in [0.29, 0.717) is 5.56 Å². The van der Waals surface area contributed by atoms with Crippen LogP contribution in [0.1, 0.15) is 5.01 Å². The predicted molar refractivity (Wildman–Crippen MR) is 69.8 cm³/mol. The average Bonchev–Trinajstić information content (AvgIpc) is 2.71. The van der Waals surface area contributed by atoms with Crippen LogP contribution in [0.2, 0.25) is 0 Å². The van der Waals surface area contributed by atoms with E-state index in [1.54, 1.807) is 17.4 Å². The number of benzene rings is 1. The van der Waals surface area contributed by atoms with Crippen LogP contribution in [0.25, 0.3) is 21.5 Å². The summed E-state index contributed by atoms with van der Waals surface area (Å²) in [6, 6.07) is 5.50. The highest BCUT2D eigenvalue weighted by Gasteiger charge is 2.10. The normalized spacial score (nSPS) is 11.0. The molecule has 3 aromatic rings. The Bertz CT molecular complexity index is 738. The van der Waals surface area contributed by atoms with Crippen molar-refractivity contribution in [1.82, 2.24) is 15.0 Å². The van der Waals surface area contributed by atoms with E-state index in [9.17, 15) is 4.39 Å². The summed E-state index contributed by atoms with van der Waals surface area (Å²) in [6.45, 7) is 1.94. The van der Waals surface area contributed by atoms with Crippen LogP contribution >= 0.6 is 11.3 Å². The Balaban J connectivity index is 2.21. The number of halogens is 1. The van der Waals surface area contributed by atoms with Gasteiger partial charge in [-0.3, -0.25) is 0 Å². The molecule has 0 radical (unpaired) electrons. The van der Waals surface area contributed by atoms with Crippen molar-refractivity contribution < 1.29 is 4.39 Å². The van der Waals surface area contributed by atoms with Gasteiger partial charge in [-0.15, -0.1) is 11.3 Å². The van der Waals surface area contributed by atoms with E-state index in [1.165, 1.54) is 0 Å². The van der Waals surface area contributed by atoms with E-state index in [-0.39, 0.29) is 11.6 Å². The Morgan fingerprint density at radius 1 is 1.28 bits per heavy atom. The van der Waals surface area contributed by atoms with Gasteiger partial charge in [0.1, 0.15) is 5.69 Å². The molecule has 6 heteroatoms. The quantitative estimate of drug-likeness (QED) is 0.730. The first-order valence-corrected chi connectivity index (χ1v) is 6.11. The van der Waals surface area contributed by atoms with Gasteiger partial charge < -0.3 is 5.73 Å². The molecule has 0 aliphatic heterocycles. The van der Waals surface area contributed by atoms with Crippen LogP contribution < -0.4 is 5.73 Å². The van der Waals surface area contributed by atoms with Crippen molar-refractivity contribution in [1.29, 1.82) is 0 Å². The number of hydrogen-bond acceptors (Lipinski definition) is 5. The molecule has 0 aliphatic carbocycles. The van der Waals surface area contributed by atoms with Crippen molar-refractivity contribution in [2.24, 2.45) is 0 Å². The zero-order chi connectivity index (χ0) is 12.7. The molecule has 0 atom stereocenters. The maximum absolute atomic E-state index is 13.7. The van der Waals surface area contributed by atoms with Crippen molar-refractivity contribution in [3.63, 3.8) is 0 Å². The van der Waals surface area contributed by atoms with Gasteiger partial charge in [-0.05, 0) is 19.1 Å². The van der Waals surface area contributed by atoms with E-state index in [0.717, 1.165) is 21.4 Å². The van der Waals surface area contributed by atoms with Crippen LogP contribution in [0.15, 0.2) is 24.4 Å². The van der Waals surface area contributed by atoms with Crippen molar-refractivity contribution >= 4 is 27.5 Å². The van der Waals surface area contributed by atoms with Crippen LogP contribution in [0.3, 0.4) is 0 Å². The van der Waals surface area contributed by atoms with Gasteiger partial charge in [-0.25, -0.2) is 19.3 Å². The molecule has 0 amide bonds. The second-order valence-corrected chi connectivity index (χ2v) is 5.07. The smallest absolute Gasteiger partial charge is 0.220 e. The standard InChI is InChI=1S/C12H9FN4S/c1-6-16-9-3-2-7(4-10(9)18-6)11-8(13)5-15-12(14)17-11/h2-5H,1H3,(H2,14,15,17). The Labute approximate surface area is 106 Å². The second-order valence-electron chi connectivity index (χ2n) is 3.84. The lowest BCUT2D eigenvalue weighted by Gasteiger charge is -2.02. The fraction of sp³-hybridized carbons (Fsp3) is 0.0833. The lowest BCUT2D eigenvalue weighted by molar-refractivity contribution is 0.619. The van der Waals surface area contributed by atoms with Gasteiger partial charge in [-0.2, -0.15) is 0 Å². The molecule has 0 bridgehead atoms. The summed E-state index contributed by atoms with van der Waals surface area (Å²) in [6.07, 6.45) is 1.08. The third-order valence-corrected chi connectivity index (χ3v) is 3.47. The summed E-state index contributed by atoms with van der Waals surface area (Å²) in [7, 11) is 0. The van der Waals surface area contributed by atoms with Gasteiger partial charge in [0.15, 0.2) is 5.82 Å². The van der Waals surface area contributed by atoms with E-state index in [4.69, 9.17) is 5.73 Å². The van der Waals surface area contributed by atoms with Crippen LogP contribution in [-0.4, -0.2) is 15.0 Å². The van der Waals surface area contributed by atoms with E-state index < -0.39 is 5.82 Å². The maximum Gasteiger partial charge on any atom is 0.220 e. The first-order valence-electron chi connectivity index (χ1n) is 5.29. The number of nitrogens with zero attached hydrogens (tertiary/aromatic N) is 3. The monoisotopic (exact) mass is 260 g/mol. The highest BCUT2D eigenvalue weighted by molar-refractivity contribution is 7.18. The predicted octanol–water partition coefficient (Wildman–Crippen LogP) is 2.78. The molecular weight excluding hydrogens is 251 g/mol. The molecule has 0 spiro atoms. The molecule has 2 heterocycles. The third-order valence-electron chi connectivity index (χ3n) is 2.53. The van der Waals surface area contributed by atoms with Gasteiger partial charge in [0.2, 0.25) is 5.95 Å². The molecular formula is C12H9FN4S. The van der Waals surface area contributed by atoms with Gasteiger partial charge >= 0.3 is 0 Å².